The zero-order valence-corrected chi connectivity index (χ0v) is 7.12. The molecule has 1 rings (SSSR count). The van der Waals surface area contributed by atoms with Crippen LogP contribution in [0.1, 0.15) is 19.8 Å². The predicted molar refractivity (Wildman–Crippen MR) is 47.5 cm³/mol. The van der Waals surface area contributed by atoms with Gasteiger partial charge in [-0.1, -0.05) is 24.3 Å². The van der Waals surface area contributed by atoms with Gasteiger partial charge in [0.05, 0.1) is 0 Å². The first-order valence-corrected chi connectivity index (χ1v) is 4.34. The molecule has 0 radical (unpaired) electrons. The van der Waals surface area contributed by atoms with Gasteiger partial charge in [-0.3, -0.25) is 0 Å². The number of allylic oxidation sites excluding steroid dienone is 4. The molecule has 1 atom stereocenters. The fraction of sp³-hybridized carbons (Fsp3) is 0.600. The maximum Gasteiger partial charge on any atom is 0.0471 e. The van der Waals surface area contributed by atoms with E-state index in [1.165, 1.54) is 6.42 Å². The molecule has 1 heteroatoms. The monoisotopic (exact) mass is 152 g/mol. The second-order valence-electron chi connectivity index (χ2n) is 2.79. The van der Waals surface area contributed by atoms with Gasteiger partial charge in [0.1, 0.15) is 0 Å². The summed E-state index contributed by atoms with van der Waals surface area (Å²) >= 11 is 0. The van der Waals surface area contributed by atoms with Crippen LogP contribution in [0, 0.1) is 5.92 Å². The molecule has 0 bridgehead atoms. The number of hydrogen-bond acceptors (Lipinski definition) is 1. The lowest BCUT2D eigenvalue weighted by Crippen LogP contribution is -2.03. The zero-order chi connectivity index (χ0) is 7.94. The van der Waals surface area contributed by atoms with Crippen molar-refractivity contribution in [3.63, 3.8) is 0 Å². The molecule has 0 amide bonds. The van der Waals surface area contributed by atoms with E-state index in [0.29, 0.717) is 5.92 Å². The van der Waals surface area contributed by atoms with E-state index in [2.05, 4.69) is 24.3 Å². The lowest BCUT2D eigenvalue weighted by molar-refractivity contribution is 0.137. The molecule has 0 aliphatic heterocycles. The summed E-state index contributed by atoms with van der Waals surface area (Å²) in [7, 11) is 0. The highest BCUT2D eigenvalue weighted by molar-refractivity contribution is 5.10. The number of hydrogen-bond donors (Lipinski definition) is 0. The minimum absolute atomic E-state index is 0.714. The minimum atomic E-state index is 0.714. The van der Waals surface area contributed by atoms with Crippen molar-refractivity contribution in [2.45, 2.75) is 19.8 Å². The second-order valence-corrected chi connectivity index (χ2v) is 2.79. The highest BCUT2D eigenvalue weighted by Crippen LogP contribution is 2.14. The van der Waals surface area contributed by atoms with E-state index in [9.17, 15) is 0 Å². The molecule has 1 aliphatic carbocycles. The van der Waals surface area contributed by atoms with Gasteiger partial charge in [0.2, 0.25) is 0 Å². The first-order valence-electron chi connectivity index (χ1n) is 4.34. The number of ether oxygens (including phenoxy) is 1. The van der Waals surface area contributed by atoms with Crippen LogP contribution >= 0.6 is 0 Å². The lowest BCUT2D eigenvalue weighted by atomic mass is 9.98. The molecular formula is C10H16O. The Morgan fingerprint density at radius 1 is 1.45 bits per heavy atom. The fourth-order valence-corrected chi connectivity index (χ4v) is 1.22. The number of rotatable bonds is 4. The molecule has 0 heterocycles. The highest BCUT2D eigenvalue weighted by Gasteiger charge is 2.03. The maximum absolute atomic E-state index is 5.28. The van der Waals surface area contributed by atoms with Crippen LogP contribution in [0.4, 0.5) is 0 Å². The van der Waals surface area contributed by atoms with Gasteiger partial charge in [-0.05, 0) is 25.7 Å². The SMILES string of the molecule is CCOCCC1C=CC=CC1. The van der Waals surface area contributed by atoms with Crippen molar-refractivity contribution < 1.29 is 4.74 Å². The molecule has 1 nitrogen and oxygen atoms in total. The lowest BCUT2D eigenvalue weighted by Gasteiger charge is -2.11. The Labute approximate surface area is 68.8 Å². The van der Waals surface area contributed by atoms with Gasteiger partial charge in [-0.15, -0.1) is 0 Å². The molecule has 0 spiro atoms. The van der Waals surface area contributed by atoms with Crippen LogP contribution < -0.4 is 0 Å². The quantitative estimate of drug-likeness (QED) is 0.562. The molecular weight excluding hydrogens is 136 g/mol. The molecule has 0 aromatic rings. The van der Waals surface area contributed by atoms with Gasteiger partial charge >= 0.3 is 0 Å². The summed E-state index contributed by atoms with van der Waals surface area (Å²) in [6.45, 7) is 3.78. The van der Waals surface area contributed by atoms with E-state index >= 15 is 0 Å². The van der Waals surface area contributed by atoms with E-state index in [4.69, 9.17) is 4.74 Å². The summed E-state index contributed by atoms with van der Waals surface area (Å²) in [5.41, 5.74) is 0. The molecule has 0 aromatic carbocycles. The van der Waals surface area contributed by atoms with Crippen molar-refractivity contribution in [3.05, 3.63) is 24.3 Å². The molecule has 0 saturated carbocycles. The van der Waals surface area contributed by atoms with Crippen LogP contribution in [-0.2, 0) is 4.74 Å². The van der Waals surface area contributed by atoms with Crippen LogP contribution in [0.3, 0.4) is 0 Å². The molecule has 62 valence electrons. The van der Waals surface area contributed by atoms with E-state index < -0.39 is 0 Å². The summed E-state index contributed by atoms with van der Waals surface area (Å²) in [6.07, 6.45) is 11.1. The Balaban J connectivity index is 2.07. The zero-order valence-electron chi connectivity index (χ0n) is 7.12. The molecule has 0 saturated heterocycles. The topological polar surface area (TPSA) is 9.23 Å². The average Bonchev–Trinajstić information content (AvgIpc) is 2.07. The first-order chi connectivity index (χ1) is 5.43. The van der Waals surface area contributed by atoms with Crippen molar-refractivity contribution in [1.82, 2.24) is 0 Å². The smallest absolute Gasteiger partial charge is 0.0471 e. The van der Waals surface area contributed by atoms with Crippen LogP contribution in [0.25, 0.3) is 0 Å². The highest BCUT2D eigenvalue weighted by atomic mass is 16.5. The van der Waals surface area contributed by atoms with E-state index in [-0.39, 0.29) is 0 Å². The van der Waals surface area contributed by atoms with Gasteiger partial charge in [0.15, 0.2) is 0 Å². The Bertz CT molecular complexity index is 147. The van der Waals surface area contributed by atoms with Crippen molar-refractivity contribution in [2.24, 2.45) is 5.92 Å². The predicted octanol–water partition coefficient (Wildman–Crippen LogP) is 2.55. The second kappa shape index (κ2) is 5.14. The third kappa shape index (κ3) is 3.38. The van der Waals surface area contributed by atoms with Crippen LogP contribution in [0.15, 0.2) is 24.3 Å². The Morgan fingerprint density at radius 3 is 3.00 bits per heavy atom. The van der Waals surface area contributed by atoms with Crippen molar-refractivity contribution in [2.75, 3.05) is 13.2 Å². The van der Waals surface area contributed by atoms with E-state index in [1.807, 2.05) is 6.92 Å². The van der Waals surface area contributed by atoms with E-state index in [0.717, 1.165) is 19.6 Å². The largest absolute Gasteiger partial charge is 0.382 e. The van der Waals surface area contributed by atoms with Crippen molar-refractivity contribution in [3.8, 4) is 0 Å². The van der Waals surface area contributed by atoms with Gasteiger partial charge in [0.25, 0.3) is 0 Å². The van der Waals surface area contributed by atoms with Gasteiger partial charge in [-0.2, -0.15) is 0 Å². The van der Waals surface area contributed by atoms with Gasteiger partial charge < -0.3 is 4.74 Å². The maximum atomic E-state index is 5.28. The summed E-state index contributed by atoms with van der Waals surface area (Å²) in [4.78, 5) is 0. The van der Waals surface area contributed by atoms with Crippen LogP contribution in [0.2, 0.25) is 0 Å². The molecule has 0 fully saturated rings. The average molecular weight is 152 g/mol. The molecule has 0 N–H and O–H groups in total. The normalized spacial score (nSPS) is 22.5. The van der Waals surface area contributed by atoms with Crippen LogP contribution in [0.5, 0.6) is 0 Å². The first kappa shape index (κ1) is 8.54. The standard InChI is InChI=1S/C10H16O/c1-2-11-9-8-10-6-4-3-5-7-10/h3-6,10H,2,7-9H2,1H3. The van der Waals surface area contributed by atoms with E-state index in [1.54, 1.807) is 0 Å². The Kier molecular flexibility index (Phi) is 3.99. The summed E-state index contributed by atoms with van der Waals surface area (Å²) in [5, 5.41) is 0. The van der Waals surface area contributed by atoms with Gasteiger partial charge in [0, 0.05) is 13.2 Å². The summed E-state index contributed by atoms with van der Waals surface area (Å²) < 4.78 is 5.28. The third-order valence-corrected chi connectivity index (χ3v) is 1.91. The Morgan fingerprint density at radius 2 is 2.36 bits per heavy atom. The molecule has 0 aromatic heterocycles. The molecule has 11 heavy (non-hydrogen) atoms. The van der Waals surface area contributed by atoms with Crippen molar-refractivity contribution >= 4 is 0 Å². The fourth-order valence-electron chi connectivity index (χ4n) is 1.22. The molecule has 1 aliphatic rings. The Hall–Kier alpha value is -0.560. The molecule has 1 unspecified atom stereocenters. The van der Waals surface area contributed by atoms with Crippen molar-refractivity contribution in [1.29, 1.82) is 0 Å². The summed E-state index contributed by atoms with van der Waals surface area (Å²) in [5.74, 6) is 0.714. The van der Waals surface area contributed by atoms with Crippen LogP contribution in [-0.4, -0.2) is 13.2 Å². The van der Waals surface area contributed by atoms with Gasteiger partial charge in [-0.25, -0.2) is 0 Å². The summed E-state index contributed by atoms with van der Waals surface area (Å²) in [6, 6.07) is 0. The minimum Gasteiger partial charge on any atom is -0.382 e. The third-order valence-electron chi connectivity index (χ3n) is 1.91.